The van der Waals surface area contributed by atoms with Crippen molar-refractivity contribution in [2.24, 2.45) is 0 Å². The Bertz CT molecular complexity index is 564. The fraction of sp³-hybridized carbons (Fsp3) is 0.364. The van der Waals surface area contributed by atoms with Crippen molar-refractivity contribution in [2.75, 3.05) is 0 Å². The van der Waals surface area contributed by atoms with Crippen LogP contribution in [0.2, 0.25) is 4.34 Å². The number of aromatic carboxylic acids is 1. The molecule has 0 fully saturated rings. The van der Waals surface area contributed by atoms with E-state index in [0.29, 0.717) is 23.0 Å². The van der Waals surface area contributed by atoms with Gasteiger partial charge in [-0.15, -0.1) is 16.4 Å². The van der Waals surface area contributed by atoms with Gasteiger partial charge in [-0.2, -0.15) is 0 Å². The molecule has 0 aliphatic heterocycles. The van der Waals surface area contributed by atoms with Gasteiger partial charge >= 0.3 is 5.97 Å². The van der Waals surface area contributed by atoms with Crippen molar-refractivity contribution in [3.8, 4) is 0 Å². The molecule has 0 atom stereocenters. The lowest BCUT2D eigenvalue weighted by Gasteiger charge is -2.04. The molecule has 96 valence electrons. The second-order valence-electron chi connectivity index (χ2n) is 3.80. The van der Waals surface area contributed by atoms with E-state index in [1.54, 1.807) is 4.68 Å². The van der Waals surface area contributed by atoms with Gasteiger partial charge in [0.1, 0.15) is 0 Å². The van der Waals surface area contributed by atoms with Crippen LogP contribution in [0.15, 0.2) is 12.1 Å². The van der Waals surface area contributed by atoms with Crippen LogP contribution in [0.4, 0.5) is 0 Å². The molecule has 0 aliphatic carbocycles. The van der Waals surface area contributed by atoms with E-state index < -0.39 is 5.97 Å². The molecule has 0 bridgehead atoms. The van der Waals surface area contributed by atoms with Gasteiger partial charge in [0.25, 0.3) is 0 Å². The van der Waals surface area contributed by atoms with Crippen molar-refractivity contribution in [2.45, 2.75) is 26.3 Å². The van der Waals surface area contributed by atoms with Crippen LogP contribution in [0.25, 0.3) is 0 Å². The Kier molecular flexibility index (Phi) is 3.98. The second-order valence-corrected chi connectivity index (χ2v) is 5.60. The first kappa shape index (κ1) is 13.0. The molecular formula is C11H12ClN3O2S. The van der Waals surface area contributed by atoms with Gasteiger partial charge < -0.3 is 5.11 Å². The smallest absolute Gasteiger partial charge is 0.358 e. The molecule has 0 saturated heterocycles. The van der Waals surface area contributed by atoms with Gasteiger partial charge in [0.05, 0.1) is 16.6 Å². The maximum Gasteiger partial charge on any atom is 0.358 e. The lowest BCUT2D eigenvalue weighted by atomic mass is 10.2. The molecule has 0 amide bonds. The van der Waals surface area contributed by atoms with Gasteiger partial charge in [0.2, 0.25) is 0 Å². The monoisotopic (exact) mass is 285 g/mol. The fourth-order valence-corrected chi connectivity index (χ4v) is 2.76. The molecule has 0 spiro atoms. The van der Waals surface area contributed by atoms with E-state index in [0.717, 1.165) is 11.3 Å². The molecular weight excluding hydrogens is 274 g/mol. The summed E-state index contributed by atoms with van der Waals surface area (Å²) < 4.78 is 2.34. The molecule has 0 aliphatic rings. The third-order valence-electron chi connectivity index (χ3n) is 2.46. The van der Waals surface area contributed by atoms with Crippen LogP contribution < -0.4 is 0 Å². The summed E-state index contributed by atoms with van der Waals surface area (Å²) >= 11 is 7.32. The first-order chi connectivity index (χ1) is 8.61. The van der Waals surface area contributed by atoms with Crippen molar-refractivity contribution in [1.82, 2.24) is 15.0 Å². The maximum absolute atomic E-state index is 11.0. The number of hydrogen-bond acceptors (Lipinski definition) is 4. The number of carboxylic acid groups (broad SMARTS) is 1. The zero-order valence-corrected chi connectivity index (χ0v) is 11.3. The Morgan fingerprint density at radius 3 is 2.89 bits per heavy atom. The van der Waals surface area contributed by atoms with Crippen molar-refractivity contribution in [3.05, 3.63) is 32.7 Å². The van der Waals surface area contributed by atoms with E-state index in [9.17, 15) is 4.79 Å². The number of hydrogen-bond donors (Lipinski definition) is 1. The molecule has 0 radical (unpaired) electrons. The minimum atomic E-state index is -1.03. The Labute approximate surface area is 113 Å². The topological polar surface area (TPSA) is 68.0 Å². The van der Waals surface area contributed by atoms with Crippen molar-refractivity contribution < 1.29 is 9.90 Å². The van der Waals surface area contributed by atoms with Crippen LogP contribution in [0, 0.1) is 0 Å². The normalized spacial score (nSPS) is 10.8. The van der Waals surface area contributed by atoms with Crippen LogP contribution in [-0.4, -0.2) is 26.1 Å². The molecule has 7 heteroatoms. The van der Waals surface area contributed by atoms with Crippen LogP contribution >= 0.6 is 22.9 Å². The first-order valence-corrected chi connectivity index (χ1v) is 6.71. The lowest BCUT2D eigenvalue weighted by Crippen LogP contribution is -2.08. The van der Waals surface area contributed by atoms with E-state index in [4.69, 9.17) is 16.7 Å². The third-order valence-corrected chi connectivity index (χ3v) is 3.68. The van der Waals surface area contributed by atoms with Gasteiger partial charge in [-0.05, 0) is 18.6 Å². The third kappa shape index (κ3) is 2.70. The molecule has 2 heterocycles. The lowest BCUT2D eigenvalue weighted by molar-refractivity contribution is 0.0689. The van der Waals surface area contributed by atoms with Gasteiger partial charge in [-0.25, -0.2) is 9.48 Å². The number of carbonyl (C=O) groups is 1. The van der Waals surface area contributed by atoms with E-state index in [1.165, 1.54) is 11.3 Å². The average Bonchev–Trinajstić information content (AvgIpc) is 2.88. The summed E-state index contributed by atoms with van der Waals surface area (Å²) in [5.41, 5.74) is 0.703. The van der Waals surface area contributed by atoms with E-state index in [-0.39, 0.29) is 5.69 Å². The fourth-order valence-electron chi connectivity index (χ4n) is 1.69. The Hall–Kier alpha value is -1.40. The van der Waals surface area contributed by atoms with Crippen molar-refractivity contribution >= 4 is 28.9 Å². The Morgan fingerprint density at radius 1 is 1.56 bits per heavy atom. The second kappa shape index (κ2) is 5.49. The molecule has 18 heavy (non-hydrogen) atoms. The molecule has 2 rings (SSSR count). The summed E-state index contributed by atoms with van der Waals surface area (Å²) in [5.74, 6) is -1.03. The Balaban J connectivity index is 2.29. The number of thiophene rings is 1. The SMILES string of the molecule is CCCc1c(C(=O)O)nnn1Cc1ccc(Cl)s1. The first-order valence-electron chi connectivity index (χ1n) is 5.51. The standard InChI is InChI=1S/C11H12ClN3O2S/c1-2-3-8-10(11(16)17)13-14-15(8)6-7-4-5-9(12)18-7/h4-5H,2-3,6H2,1H3,(H,16,17). The summed E-state index contributed by atoms with van der Waals surface area (Å²) in [6.45, 7) is 2.50. The zero-order valence-electron chi connectivity index (χ0n) is 9.76. The number of nitrogens with zero attached hydrogens (tertiary/aromatic N) is 3. The average molecular weight is 286 g/mol. The number of rotatable bonds is 5. The molecule has 0 unspecified atom stereocenters. The number of halogens is 1. The molecule has 0 aromatic carbocycles. The quantitative estimate of drug-likeness (QED) is 0.917. The molecule has 2 aromatic heterocycles. The van der Waals surface area contributed by atoms with Gasteiger partial charge in [0.15, 0.2) is 5.69 Å². The van der Waals surface area contributed by atoms with Crippen LogP contribution in [0.3, 0.4) is 0 Å². The van der Waals surface area contributed by atoms with Crippen LogP contribution in [-0.2, 0) is 13.0 Å². The molecule has 2 aromatic rings. The summed E-state index contributed by atoms with van der Waals surface area (Å²) in [5, 5.41) is 16.7. The zero-order chi connectivity index (χ0) is 13.1. The molecule has 5 nitrogen and oxygen atoms in total. The highest BCUT2D eigenvalue weighted by Crippen LogP contribution is 2.22. The van der Waals surface area contributed by atoms with Crippen molar-refractivity contribution in [3.63, 3.8) is 0 Å². The van der Waals surface area contributed by atoms with Gasteiger partial charge in [-0.3, -0.25) is 0 Å². The van der Waals surface area contributed by atoms with Crippen LogP contribution in [0.1, 0.15) is 34.4 Å². The summed E-state index contributed by atoms with van der Waals surface area (Å²) in [7, 11) is 0. The van der Waals surface area contributed by atoms with Crippen molar-refractivity contribution in [1.29, 1.82) is 0 Å². The van der Waals surface area contributed by atoms with E-state index >= 15 is 0 Å². The highest BCUT2D eigenvalue weighted by Gasteiger charge is 2.18. The highest BCUT2D eigenvalue weighted by molar-refractivity contribution is 7.16. The minimum Gasteiger partial charge on any atom is -0.476 e. The number of aromatic nitrogens is 3. The van der Waals surface area contributed by atoms with Crippen LogP contribution in [0.5, 0.6) is 0 Å². The largest absolute Gasteiger partial charge is 0.476 e. The van der Waals surface area contributed by atoms with Gasteiger partial charge in [0, 0.05) is 4.88 Å². The predicted octanol–water partition coefficient (Wildman–Crippen LogP) is 2.69. The van der Waals surface area contributed by atoms with E-state index in [2.05, 4.69) is 10.3 Å². The molecule has 0 saturated carbocycles. The minimum absolute atomic E-state index is 0.0412. The van der Waals surface area contributed by atoms with E-state index in [1.807, 2.05) is 19.1 Å². The Morgan fingerprint density at radius 2 is 2.33 bits per heavy atom. The predicted molar refractivity (Wildman–Crippen MR) is 69.4 cm³/mol. The summed E-state index contributed by atoms with van der Waals surface area (Å²) in [4.78, 5) is 12.1. The summed E-state index contributed by atoms with van der Waals surface area (Å²) in [6.07, 6.45) is 1.49. The highest BCUT2D eigenvalue weighted by atomic mass is 35.5. The maximum atomic E-state index is 11.0. The molecule has 1 N–H and O–H groups in total. The number of carboxylic acids is 1. The summed E-state index contributed by atoms with van der Waals surface area (Å²) in [6, 6.07) is 3.72. The van der Waals surface area contributed by atoms with Gasteiger partial charge in [-0.1, -0.05) is 30.2 Å².